The molecule has 2 atom stereocenters. The Morgan fingerprint density at radius 2 is 0.909 bits per heavy atom. The van der Waals surface area contributed by atoms with Gasteiger partial charge in [0.15, 0.2) is 0 Å². The average Bonchev–Trinajstić information content (AvgIpc) is 3.57. The van der Waals surface area contributed by atoms with E-state index in [1.165, 1.54) is 55.6 Å². The van der Waals surface area contributed by atoms with Crippen molar-refractivity contribution in [1.82, 2.24) is 0 Å². The van der Waals surface area contributed by atoms with Crippen molar-refractivity contribution in [2.75, 3.05) is 0 Å². The first-order valence-corrected chi connectivity index (χ1v) is 35.0. The molecule has 0 saturated carbocycles. The molecule has 4 aromatic rings. The van der Waals surface area contributed by atoms with Crippen LogP contribution in [0.3, 0.4) is 0 Å². The van der Waals surface area contributed by atoms with Gasteiger partial charge in [-0.1, -0.05) is 0 Å². The summed E-state index contributed by atoms with van der Waals surface area (Å²) in [5.41, 5.74) is 17.7. The zero-order valence-electron chi connectivity index (χ0n) is 28.5. The van der Waals surface area contributed by atoms with Gasteiger partial charge < -0.3 is 0 Å². The van der Waals surface area contributed by atoms with Gasteiger partial charge in [-0.05, 0) is 0 Å². The Kier molecular flexibility index (Phi) is 8.11. The molecule has 2 aliphatic carbocycles. The van der Waals surface area contributed by atoms with Gasteiger partial charge in [-0.25, -0.2) is 0 Å². The molecule has 6 rings (SSSR count). The molecule has 4 aromatic carbocycles. The van der Waals surface area contributed by atoms with Crippen LogP contribution in [-0.4, -0.2) is 5.49 Å². The van der Waals surface area contributed by atoms with Crippen LogP contribution in [0, 0.1) is 27.7 Å². The monoisotopic (exact) mass is 762 g/mol. The Balaban J connectivity index is 1.60. The molecule has 2 unspecified atom stereocenters. The van der Waals surface area contributed by atoms with Crippen LogP contribution in [0.4, 0.5) is 0 Å². The summed E-state index contributed by atoms with van der Waals surface area (Å²) < 4.78 is 6.87. The predicted molar refractivity (Wildman–Crippen MR) is 194 cm³/mol. The molecule has 2 heteroatoms. The van der Waals surface area contributed by atoms with Crippen LogP contribution in [0.1, 0.15) is 79.6 Å². The van der Waals surface area contributed by atoms with E-state index in [1.54, 1.807) is 11.1 Å². The summed E-state index contributed by atoms with van der Waals surface area (Å²) in [5.74, 6) is 0. The van der Waals surface area contributed by atoms with Gasteiger partial charge in [-0.15, -0.1) is 0 Å². The van der Waals surface area contributed by atoms with Gasteiger partial charge in [0, 0.05) is 0 Å². The van der Waals surface area contributed by atoms with Gasteiger partial charge in [-0.2, -0.15) is 0 Å². The van der Waals surface area contributed by atoms with Crippen molar-refractivity contribution in [3.8, 4) is 22.3 Å². The van der Waals surface area contributed by atoms with Crippen molar-refractivity contribution in [3.05, 3.63) is 129 Å². The molecule has 0 heterocycles. The number of hydrogen-bond donors (Lipinski definition) is 0. The van der Waals surface area contributed by atoms with Gasteiger partial charge in [0.25, 0.3) is 0 Å². The predicted octanol–water partition coefficient (Wildman–Crippen LogP) is 12.7. The molecule has 0 fully saturated rings. The third kappa shape index (κ3) is 5.05. The second kappa shape index (κ2) is 11.4. The van der Waals surface area contributed by atoms with Crippen molar-refractivity contribution in [3.63, 3.8) is 0 Å². The van der Waals surface area contributed by atoms with Crippen molar-refractivity contribution < 1.29 is 17.1 Å². The van der Waals surface area contributed by atoms with E-state index in [2.05, 4.69) is 162 Å². The minimum atomic E-state index is -3.97. The van der Waals surface area contributed by atoms with Gasteiger partial charge in [-0.3, -0.25) is 0 Å². The minimum absolute atomic E-state index is 0.539. The molecular weight excluding hydrogens is 711 g/mol. The first-order valence-electron chi connectivity index (χ1n) is 16.7. The Bertz CT molecular complexity index is 1750. The van der Waals surface area contributed by atoms with Gasteiger partial charge >= 0.3 is 270 Å². The molecule has 0 spiro atoms. The standard InChI is InChI=1S/2C17H15.C6H14Si.2CH3.Hf/c2*1-12-9-13(2)11-15(10-12)17-8-4-6-14-5-3-7-16(14)17;1-5(2)7-6(3)4;;;/h2*3-11H,1-2H3;5-6H,1-4H3;2*1H3;. The third-order valence-corrected chi connectivity index (χ3v) is 69.8. The normalized spacial score (nSPS) is 17.5. The van der Waals surface area contributed by atoms with Gasteiger partial charge in [0.2, 0.25) is 0 Å². The summed E-state index contributed by atoms with van der Waals surface area (Å²) in [5, 5.41) is 0. The van der Waals surface area contributed by atoms with E-state index in [4.69, 9.17) is 0 Å². The van der Waals surface area contributed by atoms with E-state index in [-0.39, 0.29) is 0 Å². The fraction of sp³-hybridized carbons (Fsp3) is 0.333. The number of benzene rings is 4. The quantitative estimate of drug-likeness (QED) is 0.172. The maximum absolute atomic E-state index is 3.97. The average molecular weight is 761 g/mol. The summed E-state index contributed by atoms with van der Waals surface area (Å²) in [6.07, 6.45) is 10.4. The molecule has 0 aliphatic heterocycles. The Morgan fingerprint density at radius 1 is 0.545 bits per heavy atom. The Labute approximate surface area is 268 Å². The molecule has 0 saturated heterocycles. The molecule has 0 aromatic heterocycles. The summed E-state index contributed by atoms with van der Waals surface area (Å²) in [6.45, 7) is 19.1. The summed E-state index contributed by atoms with van der Waals surface area (Å²) in [7, 11) is 0. The van der Waals surface area contributed by atoms with E-state index in [0.717, 1.165) is 11.1 Å². The molecule has 0 bridgehead atoms. The number of fused-ring (bicyclic) bond motifs is 2. The van der Waals surface area contributed by atoms with Crippen molar-refractivity contribution in [1.29, 1.82) is 0 Å². The SMILES string of the molecule is Cc1cc(C)cc(-c2cccc3c2C=C[CH]3[Hf]([CH3])([CH3])([CH]2C=Cc3c(-c4cc(C)cc(C)c4)cccc32)=[Si](C(C)C)C(C)C)c1. The number of rotatable bonds is 6. The van der Waals surface area contributed by atoms with Crippen molar-refractivity contribution in [2.45, 2.75) is 83.2 Å². The van der Waals surface area contributed by atoms with E-state index < -0.39 is 22.6 Å². The van der Waals surface area contributed by atoms with E-state index in [9.17, 15) is 0 Å². The molecule has 0 N–H and O–H groups in total. The van der Waals surface area contributed by atoms with E-state index in [0.29, 0.717) is 7.35 Å². The molecular formula is C42H50HfSi. The van der Waals surface area contributed by atoms with Crippen molar-refractivity contribution >= 4 is 17.6 Å². The first-order chi connectivity index (χ1) is 20.8. The van der Waals surface area contributed by atoms with E-state index in [1.807, 2.05) is 0 Å². The first kappa shape index (κ1) is 31.4. The number of allylic oxidation sites excluding steroid dienone is 2. The molecule has 226 valence electrons. The van der Waals surface area contributed by atoms with Gasteiger partial charge in [0.1, 0.15) is 0 Å². The van der Waals surface area contributed by atoms with Crippen LogP contribution >= 0.6 is 0 Å². The second-order valence-corrected chi connectivity index (χ2v) is 61.0. The van der Waals surface area contributed by atoms with Crippen LogP contribution in [0.15, 0.2) is 84.9 Å². The van der Waals surface area contributed by atoms with Crippen LogP contribution in [0.5, 0.6) is 0 Å². The Morgan fingerprint density at radius 3 is 1.25 bits per heavy atom. The molecule has 44 heavy (non-hydrogen) atoms. The van der Waals surface area contributed by atoms with Crippen LogP contribution in [0.25, 0.3) is 34.4 Å². The topological polar surface area (TPSA) is 0 Å². The summed E-state index contributed by atoms with van der Waals surface area (Å²) >= 11 is -3.97. The zero-order chi connectivity index (χ0) is 31.6. The Hall–Kier alpha value is -2.55. The summed E-state index contributed by atoms with van der Waals surface area (Å²) in [4.78, 5) is 0. The van der Waals surface area contributed by atoms with Gasteiger partial charge in [0.05, 0.1) is 0 Å². The number of hydrogen-bond acceptors (Lipinski definition) is 0. The van der Waals surface area contributed by atoms with Crippen LogP contribution < -0.4 is 0 Å². The zero-order valence-corrected chi connectivity index (χ0v) is 33.1. The molecule has 2 aliphatic rings. The fourth-order valence-electron chi connectivity index (χ4n) is 10.0. The van der Waals surface area contributed by atoms with Crippen LogP contribution in [0.2, 0.25) is 20.4 Å². The van der Waals surface area contributed by atoms with Crippen molar-refractivity contribution in [2.24, 2.45) is 0 Å². The molecule has 0 radical (unpaired) electrons. The maximum atomic E-state index is 2.90. The third-order valence-electron chi connectivity index (χ3n) is 11.0. The molecule has 0 nitrogen and oxygen atoms in total. The van der Waals surface area contributed by atoms with Crippen LogP contribution in [-0.2, 0) is 17.1 Å². The second-order valence-electron chi connectivity index (χ2n) is 15.4. The molecule has 0 amide bonds. The number of aryl methyl sites for hydroxylation is 4. The van der Waals surface area contributed by atoms with E-state index >= 15 is 0 Å². The fourth-order valence-corrected chi connectivity index (χ4v) is 81.9. The summed E-state index contributed by atoms with van der Waals surface area (Å²) in [6, 6.07) is 28.4.